The molecule has 278 valence electrons. The zero-order valence-electron chi connectivity index (χ0n) is 31.2. The van der Waals surface area contributed by atoms with Gasteiger partial charge in [0.25, 0.3) is 0 Å². The lowest BCUT2D eigenvalue weighted by Gasteiger charge is -2.66. The third-order valence-electron chi connectivity index (χ3n) is 12.9. The molecule has 7 heteroatoms. The van der Waals surface area contributed by atoms with E-state index in [9.17, 15) is 24.6 Å². The van der Waals surface area contributed by atoms with Crippen LogP contribution in [0.15, 0.2) is 0 Å². The fourth-order valence-corrected chi connectivity index (χ4v) is 10.5. The minimum atomic E-state index is -1.15. The molecule has 48 heavy (non-hydrogen) atoms. The predicted molar refractivity (Wildman–Crippen MR) is 196 cm³/mol. The molecule has 0 saturated heterocycles. The molecular formula is C41H74N2O5. The highest BCUT2D eigenvalue weighted by atomic mass is 16.4. The van der Waals surface area contributed by atoms with Gasteiger partial charge < -0.3 is 20.8 Å². The highest BCUT2D eigenvalue weighted by Gasteiger charge is 2.74. The van der Waals surface area contributed by atoms with E-state index in [0.29, 0.717) is 25.7 Å². The summed E-state index contributed by atoms with van der Waals surface area (Å²) < 4.78 is 0. The van der Waals surface area contributed by atoms with Gasteiger partial charge in [-0.2, -0.15) is 0 Å². The lowest BCUT2D eigenvalue weighted by Crippen LogP contribution is -2.69. The molecule has 4 aliphatic carbocycles. The Labute approximate surface area is 293 Å². The van der Waals surface area contributed by atoms with Gasteiger partial charge in [-0.05, 0) is 89.3 Å². The number of hydrogen-bond donors (Lipinski definition) is 3. The zero-order chi connectivity index (χ0) is 34.9. The van der Waals surface area contributed by atoms with Gasteiger partial charge in [0.05, 0.1) is 16.2 Å². The molecule has 4 bridgehead atoms. The number of nitrogens with zero attached hydrogens (tertiary/aromatic N) is 1. The van der Waals surface area contributed by atoms with Gasteiger partial charge in [0, 0.05) is 0 Å². The average Bonchev–Trinajstić information content (AvgIpc) is 3.04. The Morgan fingerprint density at radius 3 is 1.38 bits per heavy atom. The molecule has 4 saturated carbocycles. The summed E-state index contributed by atoms with van der Waals surface area (Å²) in [5.74, 6) is -2.77. The van der Waals surface area contributed by atoms with E-state index in [1.807, 2.05) is 0 Å². The van der Waals surface area contributed by atoms with E-state index in [-0.39, 0.29) is 24.7 Å². The van der Waals surface area contributed by atoms with E-state index in [1.54, 1.807) is 0 Å². The highest BCUT2D eigenvalue weighted by Crippen LogP contribution is 2.73. The van der Waals surface area contributed by atoms with Crippen molar-refractivity contribution < 1.29 is 24.6 Å². The van der Waals surface area contributed by atoms with E-state index in [1.165, 1.54) is 128 Å². The first-order valence-corrected chi connectivity index (χ1v) is 20.6. The summed E-state index contributed by atoms with van der Waals surface area (Å²) >= 11 is 0. The molecular weight excluding hydrogens is 600 g/mol. The van der Waals surface area contributed by atoms with Crippen LogP contribution in [-0.2, 0) is 14.4 Å². The quantitative estimate of drug-likeness (QED) is 0.0652. The Kier molecular flexibility index (Phi) is 17.8. The second kappa shape index (κ2) is 20.9. The largest absolute Gasteiger partial charge is 0.481 e. The maximum Gasteiger partial charge on any atom is 0.309 e. The molecule has 0 spiro atoms. The summed E-state index contributed by atoms with van der Waals surface area (Å²) in [7, 11) is 0. The fraction of sp³-hybridized carbons (Fsp3) is 0.927. The molecule has 0 aliphatic heterocycles. The minimum Gasteiger partial charge on any atom is -0.481 e. The number of carboxylic acids is 2. The molecule has 4 N–H and O–H groups in total. The van der Waals surface area contributed by atoms with Crippen molar-refractivity contribution in [1.82, 2.24) is 4.90 Å². The Morgan fingerprint density at radius 2 is 0.958 bits per heavy atom. The number of rotatable bonds is 30. The van der Waals surface area contributed by atoms with Crippen LogP contribution < -0.4 is 5.73 Å². The monoisotopic (exact) mass is 675 g/mol. The molecule has 4 rings (SSSR count). The van der Waals surface area contributed by atoms with Crippen molar-refractivity contribution in [2.75, 3.05) is 19.6 Å². The smallest absolute Gasteiger partial charge is 0.309 e. The first-order valence-electron chi connectivity index (χ1n) is 20.6. The van der Waals surface area contributed by atoms with Crippen LogP contribution in [0.3, 0.4) is 0 Å². The number of amides is 1. The standard InChI is InChI=1S/C41H74N2O5/c1-3-5-7-9-11-13-15-17-19-22-26-43(27-23-20-18-16-14-12-10-8-6-4-2)28-24-21-25-35-40(36(42)44)30-34-29-39(32-40,37(45)46)33-41(35,31-34)38(47)48/h34-35H,3-33H2,1-2H3,(H2,42,44)(H,45,46)(H,47,48). The summed E-state index contributed by atoms with van der Waals surface area (Å²) in [4.78, 5) is 41.2. The van der Waals surface area contributed by atoms with Crippen LogP contribution >= 0.6 is 0 Å². The molecule has 7 nitrogen and oxygen atoms in total. The van der Waals surface area contributed by atoms with Gasteiger partial charge in [-0.15, -0.1) is 0 Å². The number of hydrogen-bond acceptors (Lipinski definition) is 4. The van der Waals surface area contributed by atoms with E-state index in [0.717, 1.165) is 32.5 Å². The Hall–Kier alpha value is -1.63. The van der Waals surface area contributed by atoms with Crippen LogP contribution in [0.2, 0.25) is 0 Å². The van der Waals surface area contributed by atoms with Crippen molar-refractivity contribution in [3.63, 3.8) is 0 Å². The summed E-state index contributed by atoms with van der Waals surface area (Å²) in [6.07, 6.45) is 31.1. The van der Waals surface area contributed by atoms with Gasteiger partial charge in [-0.1, -0.05) is 136 Å². The van der Waals surface area contributed by atoms with Crippen molar-refractivity contribution in [2.45, 2.75) is 194 Å². The van der Waals surface area contributed by atoms with Crippen LogP contribution in [-0.4, -0.2) is 52.6 Å². The van der Waals surface area contributed by atoms with Crippen LogP contribution in [0, 0.1) is 28.1 Å². The number of carboxylic acid groups (broad SMARTS) is 2. The summed E-state index contributed by atoms with van der Waals surface area (Å²) in [6, 6.07) is 0. The van der Waals surface area contributed by atoms with Crippen LogP contribution in [0.1, 0.15) is 194 Å². The van der Waals surface area contributed by atoms with Crippen LogP contribution in [0.4, 0.5) is 0 Å². The molecule has 0 radical (unpaired) electrons. The molecule has 4 aliphatic rings. The van der Waals surface area contributed by atoms with Crippen molar-refractivity contribution in [2.24, 2.45) is 33.8 Å². The Balaban J connectivity index is 1.48. The zero-order valence-corrected chi connectivity index (χ0v) is 31.2. The molecule has 5 unspecified atom stereocenters. The van der Waals surface area contributed by atoms with Crippen molar-refractivity contribution in [3.8, 4) is 0 Å². The third kappa shape index (κ3) is 11.2. The first kappa shape index (κ1) is 40.8. The number of aliphatic carboxylic acids is 2. The number of carbonyl (C=O) groups excluding carboxylic acids is 1. The molecule has 1 amide bonds. The minimum absolute atomic E-state index is 0.0546. The molecule has 0 heterocycles. The molecule has 0 aromatic heterocycles. The summed E-state index contributed by atoms with van der Waals surface area (Å²) in [5, 5.41) is 20.8. The van der Waals surface area contributed by atoms with Gasteiger partial charge in [0.1, 0.15) is 0 Å². The highest BCUT2D eigenvalue weighted by molar-refractivity contribution is 5.88. The number of primary amides is 1. The molecule has 0 aromatic rings. The first-order chi connectivity index (χ1) is 23.2. The second-order valence-electron chi connectivity index (χ2n) is 16.7. The summed E-state index contributed by atoms with van der Waals surface area (Å²) in [6.45, 7) is 7.81. The van der Waals surface area contributed by atoms with Gasteiger partial charge in [-0.25, -0.2) is 0 Å². The Bertz CT molecular complexity index is 912. The predicted octanol–water partition coefficient (Wildman–Crippen LogP) is 10.1. The molecule has 5 atom stereocenters. The van der Waals surface area contributed by atoms with E-state index in [4.69, 9.17) is 5.73 Å². The maximum atomic E-state index is 13.1. The van der Waals surface area contributed by atoms with E-state index in [2.05, 4.69) is 18.7 Å². The average molecular weight is 675 g/mol. The van der Waals surface area contributed by atoms with Gasteiger partial charge in [0.2, 0.25) is 5.91 Å². The van der Waals surface area contributed by atoms with Gasteiger partial charge in [0.15, 0.2) is 0 Å². The van der Waals surface area contributed by atoms with E-state index >= 15 is 0 Å². The summed E-state index contributed by atoms with van der Waals surface area (Å²) in [5.41, 5.74) is 2.77. The SMILES string of the molecule is CCCCCCCCCCCCN(CCCCCCCCCCCC)CCCCC1C2(C(N)=O)CC3CC(C(=O)O)(C2)CC1(C(=O)O)C3. The van der Waals surface area contributed by atoms with Crippen LogP contribution in [0.25, 0.3) is 0 Å². The van der Waals surface area contributed by atoms with E-state index < -0.39 is 34.1 Å². The van der Waals surface area contributed by atoms with Gasteiger partial charge >= 0.3 is 11.9 Å². The third-order valence-corrected chi connectivity index (χ3v) is 12.9. The lowest BCUT2D eigenvalue weighted by atomic mass is 9.35. The number of unbranched alkanes of at least 4 members (excludes halogenated alkanes) is 19. The second-order valence-corrected chi connectivity index (χ2v) is 16.7. The number of carbonyl (C=O) groups is 3. The maximum absolute atomic E-state index is 13.1. The van der Waals surface area contributed by atoms with Crippen molar-refractivity contribution in [1.29, 1.82) is 0 Å². The van der Waals surface area contributed by atoms with Crippen molar-refractivity contribution >= 4 is 17.8 Å². The normalized spacial score (nSPS) is 27.6. The number of nitrogens with two attached hydrogens (primary N) is 1. The fourth-order valence-electron chi connectivity index (χ4n) is 10.5. The molecule has 0 aromatic carbocycles. The lowest BCUT2D eigenvalue weighted by molar-refractivity contribution is -0.223. The van der Waals surface area contributed by atoms with Crippen molar-refractivity contribution in [3.05, 3.63) is 0 Å². The molecule has 4 fully saturated rings. The van der Waals surface area contributed by atoms with Crippen LogP contribution in [0.5, 0.6) is 0 Å². The Morgan fingerprint density at radius 1 is 0.562 bits per heavy atom. The van der Waals surface area contributed by atoms with Gasteiger partial charge in [-0.3, -0.25) is 14.4 Å². The topological polar surface area (TPSA) is 121 Å².